The molecule has 2 unspecified atom stereocenters. The molecule has 0 saturated carbocycles. The Hall–Kier alpha value is -1.51. The summed E-state index contributed by atoms with van der Waals surface area (Å²) in [5.41, 5.74) is 0. The van der Waals surface area contributed by atoms with E-state index < -0.39 is 45.2 Å². The van der Waals surface area contributed by atoms with Gasteiger partial charge < -0.3 is 19.1 Å². The van der Waals surface area contributed by atoms with Gasteiger partial charge in [-0.1, -0.05) is 18.2 Å². The fourth-order valence-corrected chi connectivity index (χ4v) is 3.21. The Balaban J connectivity index is 2.78. The van der Waals surface area contributed by atoms with Crippen molar-refractivity contribution in [2.45, 2.75) is 52.2 Å². The van der Waals surface area contributed by atoms with Crippen molar-refractivity contribution in [1.82, 2.24) is 5.09 Å². The molecule has 1 aromatic carbocycles. The Labute approximate surface area is 164 Å². The first-order valence-corrected chi connectivity index (χ1v) is 10.5. The van der Waals surface area contributed by atoms with Crippen LogP contribution in [0.5, 0.6) is 5.75 Å². The summed E-state index contributed by atoms with van der Waals surface area (Å²) in [6.07, 6.45) is -3.30. The van der Waals surface area contributed by atoms with Crippen molar-refractivity contribution < 1.29 is 37.4 Å². The zero-order valence-corrected chi connectivity index (χ0v) is 17.4. The number of para-hydroxylation sites is 1. The van der Waals surface area contributed by atoms with Gasteiger partial charge >= 0.3 is 13.7 Å². The van der Waals surface area contributed by atoms with Gasteiger partial charge in [-0.2, -0.15) is 0 Å². The molecular formula is C18H29FNO7P. The normalized spacial score (nSPS) is 16.8. The van der Waals surface area contributed by atoms with E-state index in [0.29, 0.717) is 0 Å². The van der Waals surface area contributed by atoms with E-state index in [9.17, 15) is 18.9 Å². The molecule has 160 valence electrons. The van der Waals surface area contributed by atoms with Gasteiger partial charge in [0.25, 0.3) is 0 Å². The molecule has 0 bridgehead atoms. The monoisotopic (exact) mass is 421 g/mol. The number of alkyl halides is 1. The van der Waals surface area contributed by atoms with Gasteiger partial charge in [0.05, 0.1) is 25.4 Å². The molecule has 2 N–H and O–H groups in total. The second-order valence-corrected chi connectivity index (χ2v) is 8.15. The number of halogens is 1. The van der Waals surface area contributed by atoms with Crippen molar-refractivity contribution in [3.63, 3.8) is 0 Å². The first-order chi connectivity index (χ1) is 13.1. The Kier molecular flexibility index (Phi) is 10.6. The predicted molar refractivity (Wildman–Crippen MR) is 102 cm³/mol. The molecule has 0 spiro atoms. The summed E-state index contributed by atoms with van der Waals surface area (Å²) in [5, 5.41) is 11.8. The van der Waals surface area contributed by atoms with E-state index in [1.807, 2.05) is 0 Å². The minimum absolute atomic E-state index is 0.253. The summed E-state index contributed by atoms with van der Waals surface area (Å²) < 4.78 is 47.4. The minimum atomic E-state index is -4.01. The summed E-state index contributed by atoms with van der Waals surface area (Å²) in [6.45, 7) is 4.97. The molecule has 0 aliphatic carbocycles. The molecule has 28 heavy (non-hydrogen) atoms. The molecule has 1 rings (SSSR count). The third-order valence-corrected chi connectivity index (χ3v) is 4.93. The number of carbonyl (C=O) groups is 1. The molecule has 0 saturated heterocycles. The number of rotatable bonds is 13. The number of ether oxygens (including phenoxy) is 2. The second kappa shape index (κ2) is 12.1. The smallest absolute Gasteiger partial charge is 0.459 e. The van der Waals surface area contributed by atoms with E-state index in [1.54, 1.807) is 44.2 Å². The lowest BCUT2D eigenvalue weighted by Gasteiger charge is -2.25. The van der Waals surface area contributed by atoms with Gasteiger partial charge in [0.15, 0.2) is 0 Å². The van der Waals surface area contributed by atoms with Crippen LogP contribution in [-0.2, 0) is 23.4 Å². The average Bonchev–Trinajstić information content (AvgIpc) is 2.63. The zero-order chi connectivity index (χ0) is 21.2. The third-order valence-electron chi connectivity index (χ3n) is 3.44. The van der Waals surface area contributed by atoms with Crippen LogP contribution in [0.4, 0.5) is 4.39 Å². The topological polar surface area (TPSA) is 103 Å². The van der Waals surface area contributed by atoms with Gasteiger partial charge in [-0.3, -0.25) is 9.32 Å². The molecule has 0 amide bonds. The lowest BCUT2D eigenvalue weighted by Crippen LogP contribution is -2.33. The molecule has 0 fully saturated rings. The van der Waals surface area contributed by atoms with Crippen molar-refractivity contribution >= 4 is 13.7 Å². The lowest BCUT2D eigenvalue weighted by molar-refractivity contribution is -0.146. The Bertz CT molecular complexity index is 630. The highest BCUT2D eigenvalue weighted by Gasteiger charge is 2.30. The first-order valence-electron chi connectivity index (χ1n) is 8.99. The van der Waals surface area contributed by atoms with E-state index in [0.717, 1.165) is 0 Å². The van der Waals surface area contributed by atoms with E-state index in [-0.39, 0.29) is 18.5 Å². The number of hydrogen-bond acceptors (Lipinski definition) is 7. The van der Waals surface area contributed by atoms with Crippen LogP contribution < -0.4 is 9.61 Å². The van der Waals surface area contributed by atoms with Gasteiger partial charge in [-0.05, 0) is 39.8 Å². The Morgan fingerprint density at radius 3 is 2.39 bits per heavy atom. The highest BCUT2D eigenvalue weighted by atomic mass is 31.2. The van der Waals surface area contributed by atoms with Gasteiger partial charge in [0.2, 0.25) is 0 Å². The summed E-state index contributed by atoms with van der Waals surface area (Å²) in [6, 6.07) is 8.24. The maximum Gasteiger partial charge on any atom is 0.459 e. The van der Waals surface area contributed by atoms with Crippen LogP contribution in [0.1, 0.15) is 27.7 Å². The molecule has 0 aromatic heterocycles. The molecule has 0 heterocycles. The lowest BCUT2D eigenvalue weighted by atomic mass is 10.3. The van der Waals surface area contributed by atoms with Crippen LogP contribution in [-0.4, -0.2) is 55.3 Å². The highest BCUT2D eigenvalue weighted by Crippen LogP contribution is 2.44. The van der Waals surface area contributed by atoms with E-state index in [4.69, 9.17) is 18.5 Å². The maximum absolute atomic E-state index is 13.3. The number of benzene rings is 1. The maximum atomic E-state index is 13.3. The fourth-order valence-electron chi connectivity index (χ4n) is 1.92. The molecular weight excluding hydrogens is 392 g/mol. The second-order valence-electron chi connectivity index (χ2n) is 6.39. The average molecular weight is 421 g/mol. The Morgan fingerprint density at radius 2 is 1.86 bits per heavy atom. The van der Waals surface area contributed by atoms with Crippen molar-refractivity contribution in [2.24, 2.45) is 0 Å². The van der Waals surface area contributed by atoms with E-state index in [1.165, 1.54) is 13.8 Å². The summed E-state index contributed by atoms with van der Waals surface area (Å²) >= 11 is 0. The van der Waals surface area contributed by atoms with Crippen molar-refractivity contribution in [1.29, 1.82) is 0 Å². The summed E-state index contributed by atoms with van der Waals surface area (Å²) in [5.74, 6) is -0.381. The van der Waals surface area contributed by atoms with Crippen LogP contribution in [0.2, 0.25) is 0 Å². The molecule has 10 heteroatoms. The van der Waals surface area contributed by atoms with Crippen molar-refractivity contribution in [2.75, 3.05) is 19.8 Å². The molecule has 4 atom stereocenters. The quantitative estimate of drug-likeness (QED) is 0.370. The minimum Gasteiger partial charge on any atom is -0.462 e. The molecule has 8 nitrogen and oxygen atoms in total. The van der Waals surface area contributed by atoms with E-state index in [2.05, 4.69) is 5.09 Å². The number of esters is 1. The highest BCUT2D eigenvalue weighted by molar-refractivity contribution is 7.52. The fraction of sp³-hybridized carbons (Fsp3) is 0.611. The number of hydrogen-bond donors (Lipinski definition) is 2. The van der Waals surface area contributed by atoms with Crippen LogP contribution in [0.25, 0.3) is 0 Å². The third kappa shape index (κ3) is 9.61. The Morgan fingerprint density at radius 1 is 1.21 bits per heavy atom. The number of carbonyl (C=O) groups excluding carboxylic acids is 1. The van der Waals surface area contributed by atoms with Crippen LogP contribution in [0.3, 0.4) is 0 Å². The number of aliphatic hydroxyl groups is 1. The SMILES string of the molecule is CC(C)OC(=O)CN[P@](=O)(OCC(CO)O[C@@H](C)C(C)F)Oc1ccccc1. The van der Waals surface area contributed by atoms with Gasteiger partial charge in [-0.15, -0.1) is 0 Å². The molecule has 1 aromatic rings. The van der Waals surface area contributed by atoms with Gasteiger partial charge in [0, 0.05) is 0 Å². The first kappa shape index (κ1) is 24.5. The molecule has 0 aliphatic heterocycles. The van der Waals surface area contributed by atoms with Crippen molar-refractivity contribution in [3.05, 3.63) is 30.3 Å². The number of aliphatic hydroxyl groups excluding tert-OH is 1. The predicted octanol–water partition coefficient (Wildman–Crippen LogP) is 2.86. The number of nitrogens with one attached hydrogen (secondary N) is 1. The van der Waals surface area contributed by atoms with E-state index >= 15 is 0 Å². The molecule has 0 aliphatic rings. The molecule has 0 radical (unpaired) electrons. The van der Waals surface area contributed by atoms with Crippen LogP contribution in [0.15, 0.2) is 30.3 Å². The van der Waals surface area contributed by atoms with Crippen LogP contribution in [0, 0.1) is 0 Å². The zero-order valence-electron chi connectivity index (χ0n) is 16.5. The van der Waals surface area contributed by atoms with Crippen LogP contribution >= 0.6 is 7.75 Å². The standard InChI is InChI=1S/C18H29FNO7P/c1-13(2)25-18(22)10-20-28(23,27-16-8-6-5-7-9-16)24-12-17(11-21)26-15(4)14(3)19/h5-9,13-15,17,21H,10-12H2,1-4H3,(H,20,23)/t14?,15-,17?,28-/m0/s1. The van der Waals surface area contributed by atoms with Gasteiger partial charge in [-0.25, -0.2) is 14.0 Å². The van der Waals surface area contributed by atoms with Gasteiger partial charge in [0.1, 0.15) is 24.6 Å². The summed E-state index contributed by atoms with van der Waals surface area (Å²) in [7, 11) is -4.01. The van der Waals surface area contributed by atoms with Crippen molar-refractivity contribution in [3.8, 4) is 5.75 Å². The summed E-state index contributed by atoms with van der Waals surface area (Å²) in [4.78, 5) is 11.7. The largest absolute Gasteiger partial charge is 0.462 e.